The molecule has 0 aliphatic rings. The summed E-state index contributed by atoms with van der Waals surface area (Å²) in [5.41, 5.74) is 0.324. The zero-order valence-electron chi connectivity index (χ0n) is 13.0. The lowest BCUT2D eigenvalue weighted by atomic mass is 10.0. The Kier molecular flexibility index (Phi) is 6.08. The molecule has 108 valence electrons. The quantitative estimate of drug-likeness (QED) is 0.513. The number of para-hydroxylation sites is 1. The smallest absolute Gasteiger partial charge is 0.197 e. The lowest BCUT2D eigenvalue weighted by Crippen LogP contribution is -2.41. The van der Waals surface area contributed by atoms with Gasteiger partial charge in [0, 0.05) is 0 Å². The molecule has 0 bridgehead atoms. The second-order valence-electron chi connectivity index (χ2n) is 6.35. The summed E-state index contributed by atoms with van der Waals surface area (Å²) in [5, 5.41) is 0. The topological polar surface area (TPSA) is 18.5 Å². The van der Waals surface area contributed by atoms with E-state index in [0.29, 0.717) is 12.2 Å². The van der Waals surface area contributed by atoms with E-state index in [0.717, 1.165) is 17.8 Å². The zero-order chi connectivity index (χ0) is 14.4. The van der Waals surface area contributed by atoms with E-state index in [-0.39, 0.29) is 0 Å². The van der Waals surface area contributed by atoms with Gasteiger partial charge in [0.1, 0.15) is 5.75 Å². The summed E-state index contributed by atoms with van der Waals surface area (Å²) in [7, 11) is -1.66. The van der Waals surface area contributed by atoms with Crippen LogP contribution in [0, 0.1) is 5.41 Å². The SMILES string of the molecule is CC[Si](CC)(CC(C)(C)C)OCOc1ccccc1. The summed E-state index contributed by atoms with van der Waals surface area (Å²) >= 11 is 0. The predicted octanol–water partition coefficient (Wildman–Crippen LogP) is 5.07. The summed E-state index contributed by atoms with van der Waals surface area (Å²) in [5.74, 6) is 0.883. The van der Waals surface area contributed by atoms with E-state index >= 15 is 0 Å². The molecule has 0 N–H and O–H groups in total. The molecule has 19 heavy (non-hydrogen) atoms. The lowest BCUT2D eigenvalue weighted by molar-refractivity contribution is 0.106. The van der Waals surface area contributed by atoms with Gasteiger partial charge >= 0.3 is 0 Å². The van der Waals surface area contributed by atoms with Crippen molar-refractivity contribution in [3.8, 4) is 5.75 Å². The molecule has 1 aromatic rings. The van der Waals surface area contributed by atoms with Crippen LogP contribution in [-0.2, 0) is 4.43 Å². The third kappa shape index (κ3) is 5.79. The van der Waals surface area contributed by atoms with Gasteiger partial charge in [0.05, 0.1) is 0 Å². The Bertz CT molecular complexity index is 353. The highest BCUT2D eigenvalue weighted by molar-refractivity contribution is 6.73. The Morgan fingerprint density at radius 1 is 1.00 bits per heavy atom. The van der Waals surface area contributed by atoms with E-state index in [1.807, 2.05) is 30.3 Å². The summed E-state index contributed by atoms with van der Waals surface area (Å²) < 4.78 is 11.9. The molecule has 0 aliphatic carbocycles. The van der Waals surface area contributed by atoms with Gasteiger partial charge in [0.25, 0.3) is 0 Å². The summed E-state index contributed by atoms with van der Waals surface area (Å²) in [6, 6.07) is 13.4. The van der Waals surface area contributed by atoms with Gasteiger partial charge in [-0.1, -0.05) is 52.8 Å². The fourth-order valence-electron chi connectivity index (χ4n) is 2.46. The molecule has 1 aromatic carbocycles. The van der Waals surface area contributed by atoms with E-state index in [1.54, 1.807) is 0 Å². The first-order chi connectivity index (χ1) is 8.91. The number of rotatable bonds is 7. The largest absolute Gasteiger partial charge is 0.469 e. The van der Waals surface area contributed by atoms with E-state index in [9.17, 15) is 0 Å². The first-order valence-electron chi connectivity index (χ1n) is 7.22. The van der Waals surface area contributed by atoms with Gasteiger partial charge < -0.3 is 9.16 Å². The van der Waals surface area contributed by atoms with Crippen LogP contribution in [0.15, 0.2) is 30.3 Å². The molecule has 0 fully saturated rings. The van der Waals surface area contributed by atoms with Gasteiger partial charge in [0.15, 0.2) is 15.1 Å². The molecule has 0 aliphatic heterocycles. The standard InChI is InChI=1S/C16H28O2Si/c1-6-19(7-2,13-16(3,4)5)18-14-17-15-11-9-8-10-12-15/h8-12H,6-7,13-14H2,1-5H3. The van der Waals surface area contributed by atoms with Crippen LogP contribution in [0.2, 0.25) is 18.1 Å². The third-order valence-corrected chi connectivity index (χ3v) is 8.49. The van der Waals surface area contributed by atoms with Crippen LogP contribution in [0.4, 0.5) is 0 Å². The first kappa shape index (κ1) is 16.3. The molecule has 2 nitrogen and oxygen atoms in total. The summed E-state index contributed by atoms with van der Waals surface area (Å²) in [6.07, 6.45) is 0. The first-order valence-corrected chi connectivity index (χ1v) is 9.75. The number of benzene rings is 1. The van der Waals surface area contributed by atoms with Crippen LogP contribution in [-0.4, -0.2) is 15.1 Å². The molecule has 0 amide bonds. The maximum Gasteiger partial charge on any atom is 0.197 e. The van der Waals surface area contributed by atoms with Gasteiger partial charge in [-0.2, -0.15) is 0 Å². The minimum atomic E-state index is -1.66. The molecule has 0 saturated heterocycles. The van der Waals surface area contributed by atoms with Crippen molar-refractivity contribution in [3.05, 3.63) is 30.3 Å². The Hall–Kier alpha value is -0.803. The van der Waals surface area contributed by atoms with E-state index in [2.05, 4.69) is 34.6 Å². The number of hydrogen-bond acceptors (Lipinski definition) is 2. The molecule has 0 aromatic heterocycles. The Morgan fingerprint density at radius 2 is 1.58 bits per heavy atom. The minimum Gasteiger partial charge on any atom is -0.469 e. The maximum absolute atomic E-state index is 6.22. The Morgan fingerprint density at radius 3 is 2.05 bits per heavy atom. The second kappa shape index (κ2) is 7.11. The van der Waals surface area contributed by atoms with Gasteiger partial charge in [-0.3, -0.25) is 0 Å². The number of hydrogen-bond donors (Lipinski definition) is 0. The molecule has 0 spiro atoms. The number of ether oxygens (including phenoxy) is 1. The average molecular weight is 280 g/mol. The minimum absolute atomic E-state index is 0.324. The van der Waals surface area contributed by atoms with E-state index in [4.69, 9.17) is 9.16 Å². The molecule has 0 heterocycles. The van der Waals surface area contributed by atoms with Crippen molar-refractivity contribution in [2.75, 3.05) is 6.79 Å². The third-order valence-electron chi connectivity index (χ3n) is 3.48. The van der Waals surface area contributed by atoms with Crippen LogP contribution < -0.4 is 4.74 Å². The summed E-state index contributed by atoms with van der Waals surface area (Å²) in [4.78, 5) is 0. The van der Waals surface area contributed by atoms with E-state index < -0.39 is 8.32 Å². The lowest BCUT2D eigenvalue weighted by Gasteiger charge is -2.35. The molecule has 1 rings (SSSR count). The fraction of sp³-hybridized carbons (Fsp3) is 0.625. The molecular weight excluding hydrogens is 252 g/mol. The van der Waals surface area contributed by atoms with Crippen LogP contribution in [0.1, 0.15) is 34.6 Å². The van der Waals surface area contributed by atoms with Crippen molar-refractivity contribution >= 4 is 8.32 Å². The molecule has 3 heteroatoms. The van der Waals surface area contributed by atoms with Crippen LogP contribution in [0.5, 0.6) is 5.75 Å². The van der Waals surface area contributed by atoms with Gasteiger partial charge in [-0.25, -0.2) is 0 Å². The predicted molar refractivity (Wildman–Crippen MR) is 84.0 cm³/mol. The molecule has 0 saturated carbocycles. The molecule has 0 atom stereocenters. The van der Waals surface area contributed by atoms with Crippen LogP contribution in [0.25, 0.3) is 0 Å². The fourth-order valence-corrected chi connectivity index (χ4v) is 6.21. The van der Waals surface area contributed by atoms with Crippen LogP contribution >= 0.6 is 0 Å². The van der Waals surface area contributed by atoms with Crippen molar-refractivity contribution < 1.29 is 9.16 Å². The average Bonchev–Trinajstić information content (AvgIpc) is 2.37. The summed E-state index contributed by atoms with van der Waals surface area (Å²) in [6.45, 7) is 11.8. The van der Waals surface area contributed by atoms with Crippen molar-refractivity contribution in [1.82, 2.24) is 0 Å². The second-order valence-corrected chi connectivity index (χ2v) is 10.8. The highest BCUT2D eigenvalue weighted by Crippen LogP contribution is 2.33. The van der Waals surface area contributed by atoms with Crippen molar-refractivity contribution in [1.29, 1.82) is 0 Å². The van der Waals surface area contributed by atoms with Crippen molar-refractivity contribution in [3.63, 3.8) is 0 Å². The monoisotopic (exact) mass is 280 g/mol. The van der Waals surface area contributed by atoms with Crippen molar-refractivity contribution in [2.24, 2.45) is 5.41 Å². The van der Waals surface area contributed by atoms with Gasteiger partial charge in [-0.15, -0.1) is 0 Å². The Balaban J connectivity index is 2.54. The van der Waals surface area contributed by atoms with Crippen LogP contribution in [0.3, 0.4) is 0 Å². The van der Waals surface area contributed by atoms with Crippen molar-refractivity contribution in [2.45, 2.75) is 52.8 Å². The molecular formula is C16H28O2Si. The van der Waals surface area contributed by atoms with E-state index in [1.165, 1.54) is 6.04 Å². The van der Waals surface area contributed by atoms with Gasteiger partial charge in [0.2, 0.25) is 0 Å². The highest BCUT2D eigenvalue weighted by atomic mass is 28.4. The van der Waals surface area contributed by atoms with Gasteiger partial charge in [-0.05, 0) is 35.7 Å². The maximum atomic E-state index is 6.22. The molecule has 0 unspecified atom stereocenters. The zero-order valence-corrected chi connectivity index (χ0v) is 14.0. The highest BCUT2D eigenvalue weighted by Gasteiger charge is 2.35. The molecule has 0 radical (unpaired) electrons. The normalized spacial score (nSPS) is 12.5. The Labute approximate surface area is 119 Å².